The van der Waals surface area contributed by atoms with Crippen molar-refractivity contribution in [2.24, 2.45) is 5.92 Å². The summed E-state index contributed by atoms with van der Waals surface area (Å²) >= 11 is 5.40. The van der Waals surface area contributed by atoms with E-state index >= 15 is 0 Å². The summed E-state index contributed by atoms with van der Waals surface area (Å²) in [5.41, 5.74) is 0. The lowest BCUT2D eigenvalue weighted by atomic mass is 9.77. The first-order chi connectivity index (χ1) is 9.83. The number of piperidine rings is 1. The summed E-state index contributed by atoms with van der Waals surface area (Å²) in [5, 5.41) is 9.80. The zero-order valence-corrected chi connectivity index (χ0v) is 14.4. The van der Waals surface area contributed by atoms with Crippen LogP contribution in [0.25, 0.3) is 0 Å². The predicted octanol–water partition coefficient (Wildman–Crippen LogP) is 4.30. The van der Waals surface area contributed by atoms with Gasteiger partial charge in [0.25, 0.3) is 0 Å². The lowest BCUT2D eigenvalue weighted by Crippen LogP contribution is -2.50. The molecule has 2 aliphatic rings. The Kier molecular flexibility index (Phi) is 5.55. The zero-order chi connectivity index (χ0) is 13.8. The van der Waals surface area contributed by atoms with E-state index in [1.165, 1.54) is 60.8 Å². The third kappa shape index (κ3) is 3.85. The molecule has 3 atom stereocenters. The summed E-state index contributed by atoms with van der Waals surface area (Å²) in [6.45, 7) is 2.26. The van der Waals surface area contributed by atoms with Gasteiger partial charge in [0.2, 0.25) is 0 Å². The van der Waals surface area contributed by atoms with Crippen LogP contribution in [0.5, 0.6) is 0 Å². The molecule has 0 amide bonds. The van der Waals surface area contributed by atoms with E-state index < -0.39 is 0 Å². The minimum absolute atomic E-state index is 0.709. The normalized spacial score (nSPS) is 31.4. The third-order valence-corrected chi connectivity index (χ3v) is 6.54. The van der Waals surface area contributed by atoms with E-state index in [-0.39, 0.29) is 0 Å². The fourth-order valence-corrected chi connectivity index (χ4v) is 5.22. The standard InChI is InChI=1S/C16H25BrN2S/c17-12-9-13(20-11-12)10-19-16-6-2-1-5-14(16)15-7-3-4-8-18-15/h9,11,14-16,18-19H,1-8,10H2. The fraction of sp³-hybridized carbons (Fsp3) is 0.750. The average molecular weight is 357 g/mol. The molecule has 112 valence electrons. The SMILES string of the molecule is Brc1csc(CNC2CCCCC2C2CCCCN2)c1. The Bertz CT molecular complexity index is 414. The first kappa shape index (κ1) is 15.0. The van der Waals surface area contributed by atoms with Crippen molar-refractivity contribution < 1.29 is 0 Å². The Balaban J connectivity index is 1.57. The van der Waals surface area contributed by atoms with Crippen molar-refractivity contribution in [2.45, 2.75) is 63.6 Å². The molecular weight excluding hydrogens is 332 g/mol. The highest BCUT2D eigenvalue weighted by atomic mass is 79.9. The first-order valence-electron chi connectivity index (χ1n) is 8.02. The molecule has 1 aliphatic heterocycles. The van der Waals surface area contributed by atoms with E-state index in [2.05, 4.69) is 38.0 Å². The number of hydrogen-bond acceptors (Lipinski definition) is 3. The van der Waals surface area contributed by atoms with Gasteiger partial charge in [-0.25, -0.2) is 0 Å². The topological polar surface area (TPSA) is 24.1 Å². The highest BCUT2D eigenvalue weighted by Crippen LogP contribution is 2.31. The van der Waals surface area contributed by atoms with E-state index in [4.69, 9.17) is 0 Å². The van der Waals surface area contributed by atoms with Crippen LogP contribution < -0.4 is 10.6 Å². The van der Waals surface area contributed by atoms with Crippen molar-refractivity contribution >= 4 is 27.3 Å². The van der Waals surface area contributed by atoms with Crippen LogP contribution in [0.2, 0.25) is 0 Å². The lowest BCUT2D eigenvalue weighted by Gasteiger charge is -2.40. The molecule has 2 fully saturated rings. The van der Waals surface area contributed by atoms with Crippen LogP contribution in [-0.2, 0) is 6.54 Å². The maximum atomic E-state index is 3.85. The van der Waals surface area contributed by atoms with Gasteiger partial charge in [0.1, 0.15) is 0 Å². The predicted molar refractivity (Wildman–Crippen MR) is 90.2 cm³/mol. The largest absolute Gasteiger partial charge is 0.314 e. The summed E-state index contributed by atoms with van der Waals surface area (Å²) in [6, 6.07) is 3.71. The maximum absolute atomic E-state index is 3.85. The van der Waals surface area contributed by atoms with Crippen molar-refractivity contribution in [1.82, 2.24) is 10.6 Å². The summed E-state index contributed by atoms with van der Waals surface area (Å²) in [5.74, 6) is 0.840. The number of halogens is 1. The molecule has 1 aliphatic carbocycles. The van der Waals surface area contributed by atoms with Gasteiger partial charge in [-0.15, -0.1) is 11.3 Å². The van der Waals surface area contributed by atoms with Gasteiger partial charge in [-0.05, 0) is 60.1 Å². The molecule has 2 N–H and O–H groups in total. The average Bonchev–Trinajstić information content (AvgIpc) is 2.92. The van der Waals surface area contributed by atoms with Crippen LogP contribution in [0.15, 0.2) is 15.9 Å². The second-order valence-electron chi connectivity index (χ2n) is 6.22. The van der Waals surface area contributed by atoms with E-state index in [0.717, 1.165) is 18.5 Å². The van der Waals surface area contributed by atoms with Gasteiger partial charge >= 0.3 is 0 Å². The van der Waals surface area contributed by atoms with Crippen LogP contribution in [0.1, 0.15) is 49.8 Å². The van der Waals surface area contributed by atoms with Gasteiger partial charge in [-0.2, -0.15) is 0 Å². The molecule has 1 aromatic heterocycles. The second-order valence-corrected chi connectivity index (χ2v) is 8.13. The van der Waals surface area contributed by atoms with Crippen molar-refractivity contribution in [3.63, 3.8) is 0 Å². The lowest BCUT2D eigenvalue weighted by molar-refractivity contribution is 0.181. The Hall–Kier alpha value is 0.1000. The molecule has 0 aromatic carbocycles. The quantitative estimate of drug-likeness (QED) is 0.840. The number of thiophene rings is 1. The summed E-state index contributed by atoms with van der Waals surface area (Å²) < 4.78 is 1.22. The highest BCUT2D eigenvalue weighted by molar-refractivity contribution is 9.10. The van der Waals surface area contributed by atoms with Crippen molar-refractivity contribution in [3.05, 3.63) is 20.8 Å². The molecule has 3 unspecified atom stereocenters. The molecule has 0 radical (unpaired) electrons. The maximum Gasteiger partial charge on any atom is 0.0302 e. The molecule has 3 rings (SSSR count). The Morgan fingerprint density at radius 3 is 2.80 bits per heavy atom. The third-order valence-electron chi connectivity index (χ3n) is 4.84. The second kappa shape index (κ2) is 7.39. The summed E-state index contributed by atoms with van der Waals surface area (Å²) in [7, 11) is 0. The van der Waals surface area contributed by atoms with Crippen molar-refractivity contribution in [1.29, 1.82) is 0 Å². The van der Waals surface area contributed by atoms with Crippen LogP contribution in [0.3, 0.4) is 0 Å². The molecule has 1 aromatic rings. The van der Waals surface area contributed by atoms with Gasteiger partial charge in [0.15, 0.2) is 0 Å². The van der Waals surface area contributed by atoms with E-state index in [1.54, 1.807) is 0 Å². The van der Waals surface area contributed by atoms with Crippen molar-refractivity contribution in [3.8, 4) is 0 Å². The summed E-state index contributed by atoms with van der Waals surface area (Å²) in [6.07, 6.45) is 9.75. The Morgan fingerprint density at radius 1 is 1.20 bits per heavy atom. The van der Waals surface area contributed by atoms with Gasteiger partial charge in [-0.1, -0.05) is 19.3 Å². The van der Waals surface area contributed by atoms with Gasteiger partial charge in [0.05, 0.1) is 0 Å². The number of rotatable bonds is 4. The van der Waals surface area contributed by atoms with Gasteiger partial charge in [-0.3, -0.25) is 0 Å². The molecule has 20 heavy (non-hydrogen) atoms. The van der Waals surface area contributed by atoms with E-state index in [0.29, 0.717) is 6.04 Å². The van der Waals surface area contributed by atoms with Crippen LogP contribution >= 0.6 is 27.3 Å². The Morgan fingerprint density at radius 2 is 2.05 bits per heavy atom. The minimum atomic E-state index is 0.709. The molecular formula is C16H25BrN2S. The van der Waals surface area contributed by atoms with E-state index in [1.807, 2.05) is 11.3 Å². The smallest absolute Gasteiger partial charge is 0.0302 e. The molecule has 1 saturated heterocycles. The van der Waals surface area contributed by atoms with Gasteiger partial charge in [0, 0.05) is 33.4 Å². The fourth-order valence-electron chi connectivity index (χ4n) is 3.82. The molecule has 1 saturated carbocycles. The van der Waals surface area contributed by atoms with Crippen LogP contribution in [-0.4, -0.2) is 18.6 Å². The molecule has 0 spiro atoms. The molecule has 2 heterocycles. The van der Waals surface area contributed by atoms with Gasteiger partial charge < -0.3 is 10.6 Å². The minimum Gasteiger partial charge on any atom is -0.314 e. The van der Waals surface area contributed by atoms with Crippen LogP contribution in [0.4, 0.5) is 0 Å². The molecule has 2 nitrogen and oxygen atoms in total. The first-order valence-corrected chi connectivity index (χ1v) is 9.70. The molecule has 4 heteroatoms. The molecule has 0 bridgehead atoms. The zero-order valence-electron chi connectivity index (χ0n) is 12.0. The summed E-state index contributed by atoms with van der Waals surface area (Å²) in [4.78, 5) is 1.44. The van der Waals surface area contributed by atoms with Crippen LogP contribution in [0, 0.1) is 5.92 Å². The van der Waals surface area contributed by atoms with Crippen molar-refractivity contribution in [2.75, 3.05) is 6.54 Å². The number of nitrogens with one attached hydrogen (secondary N) is 2. The number of hydrogen-bond donors (Lipinski definition) is 2. The Labute approximate surface area is 134 Å². The highest BCUT2D eigenvalue weighted by Gasteiger charge is 2.32. The van der Waals surface area contributed by atoms with E-state index in [9.17, 15) is 0 Å². The monoisotopic (exact) mass is 356 g/mol.